The largest absolute Gasteiger partial charge is 0.400 e. The molecule has 0 spiro atoms. The van der Waals surface area contributed by atoms with Crippen LogP contribution in [0.3, 0.4) is 0 Å². The van der Waals surface area contributed by atoms with E-state index in [0.29, 0.717) is 0 Å². The molecule has 1 N–H and O–H groups in total. The summed E-state index contributed by atoms with van der Waals surface area (Å²) >= 11 is 43.3. The fraction of sp³-hybridized carbons (Fsp3) is 1.00. The summed E-state index contributed by atoms with van der Waals surface area (Å²) in [6.07, 6.45) is 0. The van der Waals surface area contributed by atoms with Gasteiger partial charge in [-0.25, -0.2) is 0 Å². The van der Waals surface area contributed by atoms with Gasteiger partial charge in [0, 0.05) is 7.11 Å². The molecule has 0 bridgehead atoms. The van der Waals surface area contributed by atoms with Crippen molar-refractivity contribution in [3.63, 3.8) is 0 Å². The third-order valence-corrected chi connectivity index (χ3v) is 0. The quantitative estimate of drug-likeness (QED) is 0.537. The number of aliphatic hydroxyl groups excluding tert-OH is 1. The molecule has 0 fully saturated rings. The lowest BCUT2D eigenvalue weighted by Crippen LogP contribution is -1.55. The van der Waals surface area contributed by atoms with Crippen LogP contribution in [0.4, 0.5) is 0 Å². The van der Waals surface area contributed by atoms with Gasteiger partial charge in [-0.05, 0) is 0 Å². The molecule has 0 rings (SSSR count). The molecule has 0 saturated carbocycles. The summed E-state index contributed by atoms with van der Waals surface area (Å²) in [4.78, 5) is 0. The van der Waals surface area contributed by atoms with Crippen molar-refractivity contribution >= 4 is 104 Å². The summed E-state index contributed by atoms with van der Waals surface area (Å²) < 4.78 is -2.25. The maximum absolute atomic E-state index is 7.00. The smallest absolute Gasteiger partial charge is 0.180 e. The lowest BCUT2D eigenvalue weighted by Gasteiger charge is -1.69. The molecule has 0 amide bonds. The molecular weight excluding hydrogens is 383 g/mol. The van der Waals surface area contributed by atoms with Crippen LogP contribution in [-0.2, 0) is 0 Å². The van der Waals surface area contributed by atoms with Gasteiger partial charge in [0.1, 0.15) is 0 Å². The monoisotopic (exact) mass is 386 g/mol. The standard InChI is InChI=1S/3CHCl3.CH4O/c3*2-1(3)4;1-2/h3*1H;2H,1H3. The van der Waals surface area contributed by atoms with Gasteiger partial charge in [0.2, 0.25) is 0 Å². The van der Waals surface area contributed by atoms with E-state index in [9.17, 15) is 0 Å². The Bertz CT molecular complexity index is 45.3. The Morgan fingerprint density at radius 3 is 0.500 bits per heavy atom. The minimum Gasteiger partial charge on any atom is -0.400 e. The van der Waals surface area contributed by atoms with Gasteiger partial charge < -0.3 is 5.11 Å². The number of halogens is 9. The minimum atomic E-state index is -0.750. The zero-order valence-corrected chi connectivity index (χ0v) is 13.4. The molecule has 0 aromatic rings. The third kappa shape index (κ3) is 406. The van der Waals surface area contributed by atoms with E-state index in [0.717, 1.165) is 7.11 Å². The van der Waals surface area contributed by atoms with Crippen LogP contribution in [0.2, 0.25) is 0 Å². The van der Waals surface area contributed by atoms with Gasteiger partial charge in [-0.2, -0.15) is 0 Å². The first kappa shape index (κ1) is 25.4. The highest BCUT2D eigenvalue weighted by molar-refractivity contribution is 6.63. The summed E-state index contributed by atoms with van der Waals surface area (Å²) in [5.74, 6) is 0. The van der Waals surface area contributed by atoms with Crippen molar-refractivity contribution in [3.8, 4) is 0 Å². The number of aliphatic hydroxyl groups is 1. The van der Waals surface area contributed by atoms with Crippen LogP contribution in [0.15, 0.2) is 0 Å². The fourth-order valence-electron chi connectivity index (χ4n) is 0. The van der Waals surface area contributed by atoms with Gasteiger partial charge in [0.25, 0.3) is 0 Å². The Balaban J connectivity index is -0.0000000492. The normalized spacial score (nSPS) is 8.14. The topological polar surface area (TPSA) is 20.2 Å². The molecule has 0 aromatic heterocycles. The predicted octanol–water partition coefficient (Wildman–Crippen LogP) is 5.57. The zero-order chi connectivity index (χ0) is 12.7. The van der Waals surface area contributed by atoms with Crippen LogP contribution in [0.25, 0.3) is 0 Å². The Morgan fingerprint density at radius 2 is 0.500 bits per heavy atom. The maximum atomic E-state index is 7.00. The molecule has 14 heavy (non-hydrogen) atoms. The summed E-state index contributed by atoms with van der Waals surface area (Å²) in [5, 5.41) is 7.00. The summed E-state index contributed by atoms with van der Waals surface area (Å²) in [6, 6.07) is 0. The lowest BCUT2D eigenvalue weighted by atomic mass is 11.8. The number of alkyl halides is 9. The molecule has 0 aliphatic rings. The fourth-order valence-corrected chi connectivity index (χ4v) is 0. The van der Waals surface area contributed by atoms with E-state index in [-0.39, 0.29) is 0 Å². The van der Waals surface area contributed by atoms with Gasteiger partial charge in [-0.15, -0.1) is 0 Å². The van der Waals surface area contributed by atoms with Crippen LogP contribution in [0.1, 0.15) is 0 Å². The first-order chi connectivity index (χ1) is 6.20. The van der Waals surface area contributed by atoms with E-state index < -0.39 is 12.9 Å². The zero-order valence-electron chi connectivity index (χ0n) is 6.58. The molecule has 1 nitrogen and oxygen atoms in total. The van der Waals surface area contributed by atoms with E-state index in [1.54, 1.807) is 0 Å². The van der Waals surface area contributed by atoms with Crippen molar-refractivity contribution in [3.05, 3.63) is 0 Å². The van der Waals surface area contributed by atoms with Crippen LogP contribution in [0.5, 0.6) is 0 Å². The molecule has 0 aliphatic carbocycles. The first-order valence-corrected chi connectivity index (χ1v) is 6.34. The highest BCUT2D eigenvalue weighted by Crippen LogP contribution is 2.04. The summed E-state index contributed by atoms with van der Waals surface area (Å²) in [5.41, 5.74) is 0. The van der Waals surface area contributed by atoms with Crippen molar-refractivity contribution in [1.29, 1.82) is 0 Å². The summed E-state index contributed by atoms with van der Waals surface area (Å²) in [7, 11) is 1.00. The van der Waals surface area contributed by atoms with Gasteiger partial charge in [0.05, 0.1) is 0 Å². The van der Waals surface area contributed by atoms with Crippen LogP contribution in [-0.4, -0.2) is 25.1 Å². The molecule has 0 saturated heterocycles. The Hall–Kier alpha value is 2.57. The van der Waals surface area contributed by atoms with E-state index >= 15 is 0 Å². The molecule has 0 aliphatic heterocycles. The SMILES string of the molecule is CO.ClC(Cl)Cl.ClC(Cl)Cl.ClC(Cl)Cl. The van der Waals surface area contributed by atoms with E-state index in [2.05, 4.69) is 0 Å². The summed E-state index contributed by atoms with van der Waals surface area (Å²) in [6.45, 7) is 0. The molecule has 10 heteroatoms. The van der Waals surface area contributed by atoms with Crippen LogP contribution >= 0.6 is 104 Å². The molecule has 92 valence electrons. The van der Waals surface area contributed by atoms with Crippen molar-refractivity contribution in [2.75, 3.05) is 7.11 Å². The average molecular weight is 390 g/mol. The number of rotatable bonds is 0. The van der Waals surface area contributed by atoms with Gasteiger partial charge in [-0.3, -0.25) is 0 Å². The highest BCUT2D eigenvalue weighted by Gasteiger charge is 1.79. The van der Waals surface area contributed by atoms with Gasteiger partial charge in [0.15, 0.2) is 12.9 Å². The first-order valence-electron chi connectivity index (χ1n) is 2.41. The third-order valence-electron chi connectivity index (χ3n) is 0. The average Bonchev–Trinajstić information content (AvgIpc) is 1.86. The highest BCUT2D eigenvalue weighted by atomic mass is 35.6. The lowest BCUT2D eigenvalue weighted by molar-refractivity contribution is 0.399. The molecule has 0 unspecified atom stereocenters. The Kier molecular flexibility index (Phi) is 44.8. The van der Waals surface area contributed by atoms with Crippen LogP contribution < -0.4 is 0 Å². The second kappa shape index (κ2) is 24.7. The van der Waals surface area contributed by atoms with E-state index in [4.69, 9.17) is 110 Å². The molecular formula is C4H7Cl9O. The maximum Gasteiger partial charge on any atom is 0.180 e. The minimum absolute atomic E-state index is 0.750. The predicted molar refractivity (Wildman–Crippen MR) is 72.2 cm³/mol. The van der Waals surface area contributed by atoms with E-state index in [1.807, 2.05) is 0 Å². The molecule has 0 heterocycles. The second-order valence-corrected chi connectivity index (χ2v) is 6.68. The molecule has 0 radical (unpaired) electrons. The van der Waals surface area contributed by atoms with Crippen molar-refractivity contribution < 1.29 is 5.11 Å². The number of hydrogen-bond donors (Lipinski definition) is 1. The molecule has 0 aromatic carbocycles. The number of hydrogen-bond acceptors (Lipinski definition) is 1. The second-order valence-electron chi connectivity index (χ2n) is 0.742. The van der Waals surface area contributed by atoms with Crippen LogP contribution in [0, 0.1) is 0 Å². The van der Waals surface area contributed by atoms with E-state index in [1.165, 1.54) is 0 Å². The Morgan fingerprint density at radius 1 is 0.500 bits per heavy atom. The van der Waals surface area contributed by atoms with Gasteiger partial charge in [-0.1, -0.05) is 104 Å². The van der Waals surface area contributed by atoms with Crippen molar-refractivity contribution in [2.24, 2.45) is 0 Å². The van der Waals surface area contributed by atoms with Crippen molar-refractivity contribution in [1.82, 2.24) is 0 Å². The van der Waals surface area contributed by atoms with Crippen molar-refractivity contribution in [2.45, 2.75) is 12.9 Å². The van der Waals surface area contributed by atoms with Gasteiger partial charge >= 0.3 is 0 Å². The molecule has 0 atom stereocenters. The Labute approximate surface area is 128 Å².